The Kier molecular flexibility index (Phi) is 2.56. The van der Waals surface area contributed by atoms with E-state index >= 15 is 0 Å². The summed E-state index contributed by atoms with van der Waals surface area (Å²) in [7, 11) is 0. The first-order chi connectivity index (χ1) is 8.34. The summed E-state index contributed by atoms with van der Waals surface area (Å²) in [4.78, 5) is 4.20. The summed E-state index contributed by atoms with van der Waals surface area (Å²) in [5.41, 5.74) is 10.0. The van der Waals surface area contributed by atoms with Crippen molar-refractivity contribution in [2.24, 2.45) is 0 Å². The number of rotatable bonds is 1. The van der Waals surface area contributed by atoms with Crippen molar-refractivity contribution < 1.29 is 0 Å². The Morgan fingerprint density at radius 2 is 1.94 bits per heavy atom. The molecule has 0 saturated heterocycles. The van der Waals surface area contributed by atoms with Crippen LogP contribution in [0.5, 0.6) is 0 Å². The van der Waals surface area contributed by atoms with E-state index < -0.39 is 0 Å². The van der Waals surface area contributed by atoms with Crippen LogP contribution in [0.4, 0.5) is 5.82 Å². The lowest BCUT2D eigenvalue weighted by molar-refractivity contribution is 0.584. The van der Waals surface area contributed by atoms with Crippen molar-refractivity contribution in [3.8, 4) is 0 Å². The van der Waals surface area contributed by atoms with Gasteiger partial charge in [-0.3, -0.25) is 0 Å². The van der Waals surface area contributed by atoms with E-state index in [2.05, 4.69) is 41.4 Å². The highest BCUT2D eigenvalue weighted by Gasteiger charge is 2.21. The van der Waals surface area contributed by atoms with Gasteiger partial charge in [0, 0.05) is 6.20 Å². The van der Waals surface area contributed by atoms with Crippen LogP contribution in [0.25, 0.3) is 0 Å². The van der Waals surface area contributed by atoms with E-state index in [1.54, 1.807) is 0 Å². The molecule has 3 rings (SSSR count). The van der Waals surface area contributed by atoms with Gasteiger partial charge in [-0.05, 0) is 47.9 Å². The second-order valence-corrected chi connectivity index (χ2v) is 4.68. The fourth-order valence-corrected chi connectivity index (χ4v) is 2.71. The first-order valence-corrected chi connectivity index (χ1v) is 6.12. The molecule has 1 aliphatic rings. The average Bonchev–Trinajstić information content (AvgIpc) is 2.40. The molecule has 1 heterocycles. The van der Waals surface area contributed by atoms with E-state index in [-0.39, 0.29) is 0 Å². The molecule has 86 valence electrons. The molecular formula is C15H16N2. The van der Waals surface area contributed by atoms with Gasteiger partial charge in [0.15, 0.2) is 0 Å². The SMILES string of the molecule is Nc1nccc2c1CC(c1ccccc1)CC2. The van der Waals surface area contributed by atoms with Crippen molar-refractivity contribution in [3.05, 3.63) is 59.3 Å². The first-order valence-electron chi connectivity index (χ1n) is 6.12. The lowest BCUT2D eigenvalue weighted by atomic mass is 9.80. The lowest BCUT2D eigenvalue weighted by Crippen LogP contribution is -2.15. The number of nitrogens with two attached hydrogens (primary N) is 1. The molecule has 0 saturated carbocycles. The predicted molar refractivity (Wildman–Crippen MR) is 69.9 cm³/mol. The second-order valence-electron chi connectivity index (χ2n) is 4.68. The van der Waals surface area contributed by atoms with Crippen LogP contribution in [-0.4, -0.2) is 4.98 Å². The van der Waals surface area contributed by atoms with Crippen molar-refractivity contribution in [1.29, 1.82) is 0 Å². The zero-order valence-corrected chi connectivity index (χ0v) is 9.76. The fraction of sp³-hybridized carbons (Fsp3) is 0.267. The summed E-state index contributed by atoms with van der Waals surface area (Å²) in [6.07, 6.45) is 5.16. The third kappa shape index (κ3) is 1.91. The molecule has 0 amide bonds. The molecule has 0 fully saturated rings. The van der Waals surface area contributed by atoms with E-state index in [4.69, 9.17) is 5.73 Å². The van der Waals surface area contributed by atoms with Crippen LogP contribution < -0.4 is 5.73 Å². The molecule has 0 bridgehead atoms. The number of anilines is 1. The normalized spacial score (nSPS) is 18.7. The molecule has 2 heteroatoms. The molecule has 1 atom stereocenters. The maximum atomic E-state index is 5.97. The van der Waals surface area contributed by atoms with Crippen molar-refractivity contribution in [1.82, 2.24) is 4.98 Å². The van der Waals surface area contributed by atoms with Crippen LogP contribution in [0.15, 0.2) is 42.6 Å². The van der Waals surface area contributed by atoms with Gasteiger partial charge in [-0.2, -0.15) is 0 Å². The quantitative estimate of drug-likeness (QED) is 0.808. The van der Waals surface area contributed by atoms with Gasteiger partial charge in [-0.1, -0.05) is 30.3 Å². The minimum absolute atomic E-state index is 0.593. The number of hydrogen-bond donors (Lipinski definition) is 1. The number of nitrogens with zero attached hydrogens (tertiary/aromatic N) is 1. The van der Waals surface area contributed by atoms with E-state index in [1.165, 1.54) is 23.1 Å². The van der Waals surface area contributed by atoms with Crippen LogP contribution in [0.3, 0.4) is 0 Å². The molecule has 1 aromatic heterocycles. The van der Waals surface area contributed by atoms with Gasteiger partial charge < -0.3 is 5.73 Å². The van der Waals surface area contributed by atoms with Gasteiger partial charge in [-0.25, -0.2) is 4.98 Å². The van der Waals surface area contributed by atoms with Crippen LogP contribution in [0.1, 0.15) is 29.0 Å². The monoisotopic (exact) mass is 224 g/mol. The predicted octanol–water partition coefficient (Wildman–Crippen LogP) is 2.94. The molecule has 2 aromatic rings. The highest BCUT2D eigenvalue weighted by molar-refractivity contribution is 5.47. The summed E-state index contributed by atoms with van der Waals surface area (Å²) < 4.78 is 0. The highest BCUT2D eigenvalue weighted by atomic mass is 14.8. The van der Waals surface area contributed by atoms with Crippen LogP contribution in [0.2, 0.25) is 0 Å². The molecule has 2 N–H and O–H groups in total. The van der Waals surface area contributed by atoms with Crippen LogP contribution >= 0.6 is 0 Å². The summed E-state index contributed by atoms with van der Waals surface area (Å²) in [6, 6.07) is 12.8. The Morgan fingerprint density at radius 1 is 1.12 bits per heavy atom. The molecule has 17 heavy (non-hydrogen) atoms. The summed E-state index contributed by atoms with van der Waals surface area (Å²) in [5, 5.41) is 0. The summed E-state index contributed by atoms with van der Waals surface area (Å²) in [6.45, 7) is 0. The Bertz CT molecular complexity index is 520. The van der Waals surface area contributed by atoms with Gasteiger partial charge in [0.2, 0.25) is 0 Å². The Balaban J connectivity index is 1.93. The number of hydrogen-bond acceptors (Lipinski definition) is 2. The number of benzene rings is 1. The van der Waals surface area contributed by atoms with Crippen LogP contribution in [0, 0.1) is 0 Å². The highest BCUT2D eigenvalue weighted by Crippen LogP contribution is 2.34. The molecule has 1 aromatic carbocycles. The van der Waals surface area contributed by atoms with Crippen molar-refractivity contribution >= 4 is 5.82 Å². The maximum Gasteiger partial charge on any atom is 0.126 e. The number of aryl methyl sites for hydroxylation is 1. The van der Waals surface area contributed by atoms with Crippen LogP contribution in [-0.2, 0) is 12.8 Å². The number of aromatic nitrogens is 1. The largest absolute Gasteiger partial charge is 0.383 e. The minimum Gasteiger partial charge on any atom is -0.383 e. The molecular weight excluding hydrogens is 208 g/mol. The van der Waals surface area contributed by atoms with Gasteiger partial charge in [0.25, 0.3) is 0 Å². The molecule has 1 aliphatic carbocycles. The Hall–Kier alpha value is -1.83. The third-order valence-electron chi connectivity index (χ3n) is 3.67. The smallest absolute Gasteiger partial charge is 0.126 e. The van der Waals surface area contributed by atoms with E-state index in [0.29, 0.717) is 11.7 Å². The van der Waals surface area contributed by atoms with Gasteiger partial charge in [-0.15, -0.1) is 0 Å². The van der Waals surface area contributed by atoms with E-state index in [9.17, 15) is 0 Å². The maximum absolute atomic E-state index is 5.97. The average molecular weight is 224 g/mol. The zero-order valence-electron chi connectivity index (χ0n) is 9.76. The van der Waals surface area contributed by atoms with Crippen molar-refractivity contribution in [2.75, 3.05) is 5.73 Å². The molecule has 0 spiro atoms. The summed E-state index contributed by atoms with van der Waals surface area (Å²) >= 11 is 0. The molecule has 0 radical (unpaired) electrons. The van der Waals surface area contributed by atoms with Gasteiger partial charge in [0.1, 0.15) is 5.82 Å². The number of pyridine rings is 1. The van der Waals surface area contributed by atoms with E-state index in [0.717, 1.165) is 12.8 Å². The Morgan fingerprint density at radius 3 is 2.76 bits per heavy atom. The standard InChI is InChI=1S/C15H16N2/c16-15-14-10-13(11-4-2-1-3-5-11)7-6-12(14)8-9-17-15/h1-5,8-9,13H,6-7,10H2,(H2,16,17). The molecule has 2 nitrogen and oxygen atoms in total. The number of nitrogen functional groups attached to an aromatic ring is 1. The van der Waals surface area contributed by atoms with Gasteiger partial charge in [0.05, 0.1) is 0 Å². The van der Waals surface area contributed by atoms with Gasteiger partial charge >= 0.3 is 0 Å². The minimum atomic E-state index is 0.593. The zero-order chi connectivity index (χ0) is 11.7. The topological polar surface area (TPSA) is 38.9 Å². The van der Waals surface area contributed by atoms with E-state index in [1.807, 2.05) is 6.20 Å². The number of fused-ring (bicyclic) bond motifs is 1. The third-order valence-corrected chi connectivity index (χ3v) is 3.67. The molecule has 1 unspecified atom stereocenters. The second kappa shape index (κ2) is 4.21. The molecule has 0 aliphatic heterocycles. The Labute approximate surface area is 102 Å². The lowest BCUT2D eigenvalue weighted by Gasteiger charge is -2.25. The fourth-order valence-electron chi connectivity index (χ4n) is 2.71. The van der Waals surface area contributed by atoms with Crippen molar-refractivity contribution in [3.63, 3.8) is 0 Å². The van der Waals surface area contributed by atoms with Crippen molar-refractivity contribution in [2.45, 2.75) is 25.2 Å². The summed E-state index contributed by atoms with van der Waals surface area (Å²) in [5.74, 6) is 1.30. The first kappa shape index (κ1) is 10.3.